The van der Waals surface area contributed by atoms with Crippen molar-refractivity contribution in [3.63, 3.8) is 0 Å². The quantitative estimate of drug-likeness (QED) is 0.517. The molecule has 0 amide bonds. The van der Waals surface area contributed by atoms with E-state index in [0.29, 0.717) is 0 Å². The first-order chi connectivity index (χ1) is 4.41. The minimum absolute atomic E-state index is 0.803. The summed E-state index contributed by atoms with van der Waals surface area (Å²) in [5.74, 6) is 4.50. The second-order valence-corrected chi connectivity index (χ2v) is 5.73. The summed E-state index contributed by atoms with van der Waals surface area (Å²) < 4.78 is 5.35. The van der Waals surface area contributed by atoms with Crippen molar-refractivity contribution in [3.8, 4) is 0 Å². The van der Waals surface area contributed by atoms with Crippen LogP contribution >= 0.6 is 0 Å². The van der Waals surface area contributed by atoms with Crippen molar-refractivity contribution in [2.75, 3.05) is 13.2 Å². The van der Waals surface area contributed by atoms with Gasteiger partial charge in [0.1, 0.15) is 0 Å². The van der Waals surface area contributed by atoms with Crippen LogP contribution in [0.25, 0.3) is 0 Å². The molecule has 0 aromatic carbocycles. The predicted octanol–water partition coefficient (Wildman–Crippen LogP) is 1.34. The summed E-state index contributed by atoms with van der Waals surface area (Å²) in [6.07, 6.45) is 0. The van der Waals surface area contributed by atoms with Crippen LogP contribution < -0.4 is 0 Å². The Hall–Kier alpha value is 0.999. The number of rotatable bonds is 6. The Balaban J connectivity index is 2.60. The maximum atomic E-state index is 5.35. The molecule has 0 aromatic heterocycles. The van der Waals surface area contributed by atoms with E-state index >= 15 is 0 Å². The third kappa shape index (κ3) is 9.00. The SMILES string of the molecule is C[Se]CCOCC[Se]C. The van der Waals surface area contributed by atoms with Crippen LogP contribution in [0.15, 0.2) is 0 Å². The molecule has 0 unspecified atom stereocenters. The van der Waals surface area contributed by atoms with Crippen LogP contribution in [0, 0.1) is 0 Å². The van der Waals surface area contributed by atoms with Gasteiger partial charge in [-0.05, 0) is 0 Å². The number of hydrogen-bond donors (Lipinski definition) is 0. The molecule has 0 saturated heterocycles. The average molecular weight is 260 g/mol. The molecule has 0 aliphatic heterocycles. The summed E-state index contributed by atoms with van der Waals surface area (Å²) in [4.78, 5) is 0. The van der Waals surface area contributed by atoms with Gasteiger partial charge >= 0.3 is 70.1 Å². The molecule has 0 radical (unpaired) electrons. The van der Waals surface area contributed by atoms with Crippen molar-refractivity contribution < 1.29 is 4.74 Å². The Bertz CT molecular complexity index is 44.3. The maximum absolute atomic E-state index is 5.35. The van der Waals surface area contributed by atoms with E-state index in [9.17, 15) is 0 Å². The summed E-state index contributed by atoms with van der Waals surface area (Å²) in [5.41, 5.74) is 0. The molecular formula is C6H14OSe2. The Morgan fingerprint density at radius 3 is 1.78 bits per heavy atom. The molecule has 56 valence electrons. The molecule has 0 bridgehead atoms. The molecule has 0 aliphatic carbocycles. The third-order valence-corrected chi connectivity index (χ3v) is 3.28. The Kier molecular flexibility index (Phi) is 10.00. The van der Waals surface area contributed by atoms with Crippen LogP contribution in [-0.2, 0) is 4.74 Å². The molecule has 9 heavy (non-hydrogen) atoms. The molecule has 0 aliphatic rings. The fraction of sp³-hybridized carbons (Fsp3) is 1.00. The van der Waals surface area contributed by atoms with E-state index in [1.807, 2.05) is 0 Å². The molecule has 0 rings (SSSR count). The summed E-state index contributed by atoms with van der Waals surface area (Å²) in [5, 5.41) is 2.56. The molecular weight excluding hydrogens is 246 g/mol. The van der Waals surface area contributed by atoms with Gasteiger partial charge in [0.05, 0.1) is 0 Å². The van der Waals surface area contributed by atoms with Gasteiger partial charge in [-0.15, -0.1) is 0 Å². The average Bonchev–Trinajstić information content (AvgIpc) is 1.89. The molecule has 1 nitrogen and oxygen atoms in total. The van der Waals surface area contributed by atoms with Gasteiger partial charge in [-0.3, -0.25) is 0 Å². The van der Waals surface area contributed by atoms with Crippen molar-refractivity contribution in [2.24, 2.45) is 0 Å². The van der Waals surface area contributed by atoms with E-state index in [4.69, 9.17) is 4.74 Å². The second kappa shape index (κ2) is 9.00. The van der Waals surface area contributed by atoms with Gasteiger partial charge in [0, 0.05) is 0 Å². The molecule has 0 aromatic rings. The fourth-order valence-corrected chi connectivity index (χ4v) is 1.58. The van der Waals surface area contributed by atoms with E-state index in [0.717, 1.165) is 43.1 Å². The fourth-order valence-electron chi connectivity index (χ4n) is 0.387. The van der Waals surface area contributed by atoms with E-state index in [-0.39, 0.29) is 0 Å². The van der Waals surface area contributed by atoms with E-state index in [1.165, 1.54) is 10.6 Å². The molecule has 0 atom stereocenters. The Morgan fingerprint density at radius 1 is 1.00 bits per heavy atom. The van der Waals surface area contributed by atoms with Crippen LogP contribution in [-0.4, -0.2) is 43.1 Å². The van der Waals surface area contributed by atoms with Gasteiger partial charge in [-0.2, -0.15) is 0 Å². The van der Waals surface area contributed by atoms with Crippen molar-refractivity contribution in [1.29, 1.82) is 0 Å². The molecule has 0 saturated carbocycles. The monoisotopic (exact) mass is 262 g/mol. The summed E-state index contributed by atoms with van der Waals surface area (Å²) in [6.45, 7) is 1.99. The summed E-state index contributed by atoms with van der Waals surface area (Å²) in [7, 11) is 0. The van der Waals surface area contributed by atoms with Gasteiger partial charge in [-0.25, -0.2) is 0 Å². The Morgan fingerprint density at radius 2 is 1.44 bits per heavy atom. The standard InChI is InChI=1S/C6H14OSe2/c1-8-5-3-7-4-6-9-2/h3-6H2,1-2H3. The first-order valence-electron chi connectivity index (χ1n) is 2.97. The van der Waals surface area contributed by atoms with Crippen molar-refractivity contribution in [2.45, 2.75) is 22.3 Å². The van der Waals surface area contributed by atoms with Gasteiger partial charge in [0.2, 0.25) is 0 Å². The van der Waals surface area contributed by atoms with Gasteiger partial charge in [0.25, 0.3) is 0 Å². The second-order valence-electron chi connectivity index (χ2n) is 1.60. The van der Waals surface area contributed by atoms with Crippen LogP contribution in [0.1, 0.15) is 0 Å². The van der Waals surface area contributed by atoms with Crippen molar-refractivity contribution in [1.82, 2.24) is 0 Å². The molecule has 0 fully saturated rings. The first-order valence-corrected chi connectivity index (χ1v) is 8.82. The van der Waals surface area contributed by atoms with Crippen molar-refractivity contribution in [3.05, 3.63) is 0 Å². The van der Waals surface area contributed by atoms with Crippen LogP contribution in [0.2, 0.25) is 22.3 Å². The zero-order valence-corrected chi connectivity index (χ0v) is 9.48. The zero-order valence-electron chi connectivity index (χ0n) is 6.05. The zero-order chi connectivity index (χ0) is 6.95. The third-order valence-electron chi connectivity index (χ3n) is 0.864. The minimum atomic E-state index is 0.803. The van der Waals surface area contributed by atoms with E-state index in [2.05, 4.69) is 11.6 Å². The van der Waals surface area contributed by atoms with E-state index in [1.54, 1.807) is 0 Å². The van der Waals surface area contributed by atoms with Gasteiger partial charge < -0.3 is 0 Å². The molecule has 0 N–H and O–H groups in total. The van der Waals surface area contributed by atoms with Crippen LogP contribution in [0.5, 0.6) is 0 Å². The van der Waals surface area contributed by atoms with Gasteiger partial charge in [0.15, 0.2) is 0 Å². The van der Waals surface area contributed by atoms with Crippen LogP contribution in [0.4, 0.5) is 0 Å². The summed E-state index contributed by atoms with van der Waals surface area (Å²) in [6, 6.07) is 0. The first kappa shape index (κ1) is 10.00. The number of hydrogen-bond acceptors (Lipinski definition) is 1. The van der Waals surface area contributed by atoms with Crippen LogP contribution in [0.3, 0.4) is 0 Å². The summed E-state index contributed by atoms with van der Waals surface area (Å²) >= 11 is 1.61. The Labute approximate surface area is 70.2 Å². The number of ether oxygens (including phenoxy) is 1. The normalized spacial score (nSPS) is 10.0. The predicted molar refractivity (Wildman–Crippen MR) is 43.7 cm³/mol. The molecule has 0 spiro atoms. The van der Waals surface area contributed by atoms with Gasteiger partial charge in [-0.1, -0.05) is 0 Å². The molecule has 3 heteroatoms. The van der Waals surface area contributed by atoms with Crippen molar-refractivity contribution >= 4 is 29.9 Å². The van der Waals surface area contributed by atoms with E-state index < -0.39 is 0 Å². The molecule has 0 heterocycles. The topological polar surface area (TPSA) is 9.23 Å².